The van der Waals surface area contributed by atoms with Crippen molar-refractivity contribution in [2.45, 2.75) is 27.3 Å². The van der Waals surface area contributed by atoms with E-state index in [2.05, 4.69) is 36.1 Å². The molecule has 0 atom stereocenters. The Labute approximate surface area is 152 Å². The highest BCUT2D eigenvalue weighted by Gasteiger charge is 2.19. The minimum absolute atomic E-state index is 0.0257. The van der Waals surface area contributed by atoms with E-state index in [9.17, 15) is 9.18 Å². The number of anilines is 1. The molecule has 7 heteroatoms. The molecule has 1 N–H and O–H groups in total. The lowest BCUT2D eigenvalue weighted by Crippen LogP contribution is -2.40. The second-order valence-corrected chi connectivity index (χ2v) is 7.12. The minimum Gasteiger partial charge on any atom is -0.308 e. The summed E-state index contributed by atoms with van der Waals surface area (Å²) in [6.45, 7) is 7.13. The van der Waals surface area contributed by atoms with Crippen LogP contribution >= 0.6 is 0 Å². The Hall–Kier alpha value is -2.85. The summed E-state index contributed by atoms with van der Waals surface area (Å²) in [6.07, 6.45) is 1.43. The van der Waals surface area contributed by atoms with Gasteiger partial charge in [0.05, 0.1) is 13.1 Å². The fourth-order valence-corrected chi connectivity index (χ4v) is 2.31. The maximum Gasteiger partial charge on any atom is 0.242 e. The van der Waals surface area contributed by atoms with Crippen LogP contribution in [0.1, 0.15) is 32.2 Å². The molecule has 0 saturated carbocycles. The lowest BCUT2D eigenvalue weighted by atomic mass is 9.97. The highest BCUT2D eigenvalue weighted by atomic mass is 19.1. The molecule has 0 aliphatic heterocycles. The number of benzene rings is 1. The van der Waals surface area contributed by atoms with Gasteiger partial charge in [-0.1, -0.05) is 32.9 Å². The Kier molecular flexibility index (Phi) is 6.36. The molecule has 2 aromatic rings. The Morgan fingerprint density at radius 2 is 2.12 bits per heavy atom. The normalized spacial score (nSPS) is 11.0. The molecule has 0 aliphatic rings. The van der Waals surface area contributed by atoms with Gasteiger partial charge in [0, 0.05) is 12.7 Å². The fraction of sp³-hybridized carbons (Fsp3) is 0.368. The number of aromatic nitrogens is 2. The first-order valence-corrected chi connectivity index (χ1v) is 8.27. The Morgan fingerprint density at radius 3 is 2.77 bits per heavy atom. The molecule has 136 valence electrons. The van der Waals surface area contributed by atoms with Gasteiger partial charge < -0.3 is 5.32 Å². The smallest absolute Gasteiger partial charge is 0.242 e. The van der Waals surface area contributed by atoms with Crippen LogP contribution in [0.5, 0.6) is 0 Å². The molecular weight excluding hydrogens is 333 g/mol. The first kappa shape index (κ1) is 19.5. The van der Waals surface area contributed by atoms with Crippen LogP contribution in [0, 0.1) is 22.6 Å². The summed E-state index contributed by atoms with van der Waals surface area (Å²) in [5, 5.41) is 12.1. The van der Waals surface area contributed by atoms with Crippen LogP contribution < -0.4 is 10.2 Å². The van der Waals surface area contributed by atoms with Gasteiger partial charge in [-0.3, -0.25) is 9.69 Å². The average Bonchev–Trinajstić information content (AvgIpc) is 2.58. The van der Waals surface area contributed by atoms with E-state index < -0.39 is 0 Å². The number of rotatable bonds is 6. The number of carbonyl (C=O) groups is 1. The second-order valence-electron chi connectivity index (χ2n) is 7.12. The lowest BCUT2D eigenvalue weighted by Gasteiger charge is -2.24. The van der Waals surface area contributed by atoms with Crippen molar-refractivity contribution in [3.05, 3.63) is 53.7 Å². The van der Waals surface area contributed by atoms with Crippen LogP contribution in [0.2, 0.25) is 0 Å². The van der Waals surface area contributed by atoms with Gasteiger partial charge in [-0.15, -0.1) is 0 Å². The zero-order chi connectivity index (χ0) is 19.2. The third-order valence-corrected chi connectivity index (χ3v) is 3.48. The summed E-state index contributed by atoms with van der Waals surface area (Å²) < 4.78 is 13.5. The molecule has 0 radical (unpaired) electrons. The van der Waals surface area contributed by atoms with Gasteiger partial charge in [0.15, 0.2) is 0 Å². The predicted molar refractivity (Wildman–Crippen MR) is 96.7 cm³/mol. The summed E-state index contributed by atoms with van der Waals surface area (Å²) in [5.41, 5.74) is 0.669. The molecule has 6 nitrogen and oxygen atoms in total. The maximum atomic E-state index is 13.5. The predicted octanol–water partition coefficient (Wildman–Crippen LogP) is 2.66. The quantitative estimate of drug-likeness (QED) is 0.861. The Balaban J connectivity index is 2.23. The van der Waals surface area contributed by atoms with Crippen LogP contribution in [0.3, 0.4) is 0 Å². The van der Waals surface area contributed by atoms with Crippen molar-refractivity contribution < 1.29 is 9.18 Å². The van der Waals surface area contributed by atoms with Crippen LogP contribution in [0.4, 0.5) is 10.2 Å². The number of amides is 1. The molecule has 0 bridgehead atoms. The van der Waals surface area contributed by atoms with E-state index in [1.807, 2.05) is 6.07 Å². The molecular formula is C19H22FN5O. The standard InChI is InChI=1S/C19H22FN5O/c1-19(2,3)13-22-11-18(26)25(12-14-5-4-6-15(20)9-14)17-7-8-23-16(10-21)24-17/h4-9,22H,11-13H2,1-3H3. The van der Waals surface area contributed by atoms with Gasteiger partial charge in [0.2, 0.25) is 11.7 Å². The van der Waals surface area contributed by atoms with E-state index in [4.69, 9.17) is 5.26 Å². The van der Waals surface area contributed by atoms with Gasteiger partial charge in [-0.25, -0.2) is 14.4 Å². The topological polar surface area (TPSA) is 81.9 Å². The summed E-state index contributed by atoms with van der Waals surface area (Å²) in [7, 11) is 0. The van der Waals surface area contributed by atoms with Crippen LogP contribution in [0.25, 0.3) is 0 Å². The Bertz CT molecular complexity index is 810. The van der Waals surface area contributed by atoms with Gasteiger partial charge in [0.1, 0.15) is 17.7 Å². The zero-order valence-corrected chi connectivity index (χ0v) is 15.2. The zero-order valence-electron chi connectivity index (χ0n) is 15.2. The fourth-order valence-electron chi connectivity index (χ4n) is 2.31. The van der Waals surface area contributed by atoms with E-state index >= 15 is 0 Å². The van der Waals surface area contributed by atoms with Crippen LogP contribution in [0.15, 0.2) is 36.5 Å². The van der Waals surface area contributed by atoms with Gasteiger partial charge in [-0.2, -0.15) is 5.26 Å². The summed E-state index contributed by atoms with van der Waals surface area (Å²) in [4.78, 5) is 22.1. The number of halogens is 1. The second kappa shape index (κ2) is 8.50. The van der Waals surface area contributed by atoms with Crippen molar-refractivity contribution in [1.82, 2.24) is 15.3 Å². The van der Waals surface area contributed by atoms with Crippen molar-refractivity contribution in [1.29, 1.82) is 5.26 Å². The maximum absolute atomic E-state index is 13.5. The largest absolute Gasteiger partial charge is 0.308 e. The van der Waals surface area contributed by atoms with E-state index in [1.54, 1.807) is 18.2 Å². The number of nitriles is 1. The van der Waals surface area contributed by atoms with E-state index in [1.165, 1.54) is 23.2 Å². The minimum atomic E-state index is -0.374. The first-order chi connectivity index (χ1) is 12.3. The van der Waals surface area contributed by atoms with E-state index in [-0.39, 0.29) is 36.1 Å². The van der Waals surface area contributed by atoms with Gasteiger partial charge in [0.25, 0.3) is 0 Å². The third kappa shape index (κ3) is 5.90. The van der Waals surface area contributed by atoms with Crippen molar-refractivity contribution >= 4 is 11.7 Å². The number of hydrogen-bond donors (Lipinski definition) is 1. The van der Waals surface area contributed by atoms with Crippen molar-refractivity contribution in [3.63, 3.8) is 0 Å². The molecule has 26 heavy (non-hydrogen) atoms. The van der Waals surface area contributed by atoms with Crippen LogP contribution in [-0.4, -0.2) is 29.0 Å². The number of hydrogen-bond acceptors (Lipinski definition) is 5. The van der Waals surface area contributed by atoms with E-state index in [0.29, 0.717) is 17.9 Å². The highest BCUT2D eigenvalue weighted by Crippen LogP contribution is 2.16. The molecule has 1 heterocycles. The molecule has 0 unspecified atom stereocenters. The third-order valence-electron chi connectivity index (χ3n) is 3.48. The van der Waals surface area contributed by atoms with Crippen LogP contribution in [-0.2, 0) is 11.3 Å². The van der Waals surface area contributed by atoms with Gasteiger partial charge >= 0.3 is 0 Å². The van der Waals surface area contributed by atoms with Crippen molar-refractivity contribution in [2.75, 3.05) is 18.0 Å². The molecule has 2 rings (SSSR count). The van der Waals surface area contributed by atoms with Crippen molar-refractivity contribution in [3.8, 4) is 6.07 Å². The monoisotopic (exact) mass is 355 g/mol. The molecule has 1 amide bonds. The number of carbonyl (C=O) groups excluding carboxylic acids is 1. The molecule has 1 aromatic carbocycles. The number of nitrogens with one attached hydrogen (secondary N) is 1. The summed E-state index contributed by atoms with van der Waals surface area (Å²) in [5.74, 6) is -0.312. The number of nitrogens with zero attached hydrogens (tertiary/aromatic N) is 4. The molecule has 0 saturated heterocycles. The molecule has 1 aromatic heterocycles. The molecule has 0 fully saturated rings. The van der Waals surface area contributed by atoms with Gasteiger partial charge in [-0.05, 0) is 29.2 Å². The Morgan fingerprint density at radius 1 is 1.35 bits per heavy atom. The SMILES string of the molecule is CC(C)(C)CNCC(=O)N(Cc1cccc(F)c1)c1ccnc(C#N)n1. The molecule has 0 aliphatic carbocycles. The average molecular weight is 355 g/mol. The summed E-state index contributed by atoms with van der Waals surface area (Å²) >= 11 is 0. The summed E-state index contributed by atoms with van der Waals surface area (Å²) in [6, 6.07) is 9.46. The lowest BCUT2D eigenvalue weighted by molar-refractivity contribution is -0.118. The molecule has 0 spiro atoms. The van der Waals surface area contributed by atoms with E-state index in [0.717, 1.165) is 0 Å². The highest BCUT2D eigenvalue weighted by molar-refractivity contribution is 5.93. The van der Waals surface area contributed by atoms with Crippen molar-refractivity contribution in [2.24, 2.45) is 5.41 Å². The first-order valence-electron chi connectivity index (χ1n) is 8.27.